The number of furan rings is 1. The Kier molecular flexibility index (Phi) is 6.00. The Hall–Kier alpha value is -3.58. The molecule has 35 heavy (non-hydrogen) atoms. The van der Waals surface area contributed by atoms with Crippen LogP contribution in [0.2, 0.25) is 0 Å². The topological polar surface area (TPSA) is 55.5 Å². The number of nitrogens with zero attached hydrogens (tertiary/aromatic N) is 3. The van der Waals surface area contributed by atoms with E-state index in [1.165, 1.54) is 12.8 Å². The van der Waals surface area contributed by atoms with Gasteiger partial charge in [0.1, 0.15) is 17.6 Å². The largest absolute Gasteiger partial charge is 0.490 e. The van der Waals surface area contributed by atoms with Crippen LogP contribution in [0.25, 0.3) is 0 Å². The molecule has 6 rings (SSSR count). The first-order chi connectivity index (χ1) is 17.3. The molecule has 7 heteroatoms. The van der Waals surface area contributed by atoms with Crippen LogP contribution >= 0.6 is 12.2 Å². The van der Waals surface area contributed by atoms with Crippen LogP contribution in [0.15, 0.2) is 89.8 Å². The predicted octanol–water partition coefficient (Wildman–Crippen LogP) is 6.02. The molecule has 2 aliphatic rings. The highest BCUT2D eigenvalue weighted by molar-refractivity contribution is 7.80. The zero-order chi connectivity index (χ0) is 23.6. The van der Waals surface area contributed by atoms with E-state index in [0.29, 0.717) is 17.8 Å². The smallest absolute Gasteiger partial charge is 0.174 e. The average Bonchev–Trinajstić information content (AvgIpc) is 3.69. The predicted molar refractivity (Wildman–Crippen MR) is 139 cm³/mol. The molecule has 3 aromatic heterocycles. The molecule has 0 spiro atoms. The summed E-state index contributed by atoms with van der Waals surface area (Å²) < 4.78 is 14.1. The molecule has 4 aromatic rings. The first-order valence-electron chi connectivity index (χ1n) is 12.2. The third-order valence-corrected chi connectivity index (χ3v) is 7.21. The van der Waals surface area contributed by atoms with Gasteiger partial charge in [-0.15, -0.1) is 0 Å². The SMILES string of the molecule is S=C1N[C@@H](c2ccccn2)[C@H](c2cccn2Cc2ccco2)N1c1ccc(OC2CCCC2)cc1. The minimum atomic E-state index is -0.0941. The summed E-state index contributed by atoms with van der Waals surface area (Å²) in [5.41, 5.74) is 3.11. The second-order valence-corrected chi connectivity index (χ2v) is 9.54. The van der Waals surface area contributed by atoms with Crippen molar-refractivity contribution in [1.29, 1.82) is 0 Å². The monoisotopic (exact) mass is 484 g/mol. The quantitative estimate of drug-likeness (QED) is 0.324. The molecule has 1 aliphatic carbocycles. The van der Waals surface area contributed by atoms with E-state index in [9.17, 15) is 0 Å². The van der Waals surface area contributed by atoms with E-state index in [-0.39, 0.29) is 12.1 Å². The van der Waals surface area contributed by atoms with E-state index in [1.807, 2.05) is 30.5 Å². The van der Waals surface area contributed by atoms with Crippen molar-refractivity contribution < 1.29 is 9.15 Å². The highest BCUT2D eigenvalue weighted by atomic mass is 32.1. The molecule has 4 heterocycles. The molecule has 1 N–H and O–H groups in total. The first-order valence-corrected chi connectivity index (χ1v) is 12.6. The summed E-state index contributed by atoms with van der Waals surface area (Å²) in [4.78, 5) is 6.86. The molecule has 2 atom stereocenters. The molecule has 2 fully saturated rings. The van der Waals surface area contributed by atoms with Crippen LogP contribution in [0.4, 0.5) is 5.69 Å². The van der Waals surface area contributed by atoms with Crippen LogP contribution in [-0.4, -0.2) is 20.8 Å². The summed E-state index contributed by atoms with van der Waals surface area (Å²) in [5.74, 6) is 1.82. The molecule has 1 saturated heterocycles. The van der Waals surface area contributed by atoms with Crippen molar-refractivity contribution in [2.75, 3.05) is 4.90 Å². The van der Waals surface area contributed by atoms with E-state index in [4.69, 9.17) is 21.4 Å². The molecule has 178 valence electrons. The van der Waals surface area contributed by atoms with Crippen LogP contribution in [0.3, 0.4) is 0 Å². The maximum Gasteiger partial charge on any atom is 0.174 e. The number of hydrogen-bond donors (Lipinski definition) is 1. The summed E-state index contributed by atoms with van der Waals surface area (Å²) in [6.45, 7) is 0.648. The number of thiocarbonyl (C=S) groups is 1. The number of benzene rings is 1. The number of hydrogen-bond acceptors (Lipinski definition) is 4. The Morgan fingerprint density at radius 2 is 1.86 bits per heavy atom. The fourth-order valence-corrected chi connectivity index (χ4v) is 5.57. The zero-order valence-electron chi connectivity index (χ0n) is 19.4. The molecular weight excluding hydrogens is 456 g/mol. The third kappa shape index (κ3) is 4.44. The van der Waals surface area contributed by atoms with Crippen LogP contribution in [0, 0.1) is 0 Å². The number of ether oxygens (including phenoxy) is 1. The number of anilines is 1. The number of rotatable bonds is 7. The van der Waals surface area contributed by atoms with Gasteiger partial charge in [0.05, 0.1) is 30.6 Å². The normalized spacial score (nSPS) is 20.3. The maximum atomic E-state index is 6.20. The molecule has 1 aromatic carbocycles. The van der Waals surface area contributed by atoms with Crippen molar-refractivity contribution in [3.8, 4) is 5.75 Å². The van der Waals surface area contributed by atoms with E-state index in [2.05, 4.69) is 68.4 Å². The maximum absolute atomic E-state index is 6.20. The zero-order valence-corrected chi connectivity index (χ0v) is 20.2. The van der Waals surface area contributed by atoms with E-state index >= 15 is 0 Å². The van der Waals surface area contributed by atoms with E-state index in [1.54, 1.807) is 6.26 Å². The molecule has 6 nitrogen and oxygen atoms in total. The van der Waals surface area contributed by atoms with E-state index in [0.717, 1.165) is 41.4 Å². The van der Waals surface area contributed by atoms with Gasteiger partial charge in [-0.05, 0) is 98.6 Å². The second-order valence-electron chi connectivity index (χ2n) is 9.16. The van der Waals surface area contributed by atoms with Gasteiger partial charge in [-0.3, -0.25) is 4.98 Å². The number of aromatic nitrogens is 2. The average molecular weight is 485 g/mol. The van der Waals surface area contributed by atoms with Crippen molar-refractivity contribution in [1.82, 2.24) is 14.9 Å². The molecule has 0 amide bonds. The lowest BCUT2D eigenvalue weighted by Gasteiger charge is -2.29. The molecule has 1 aliphatic heterocycles. The summed E-state index contributed by atoms with van der Waals surface area (Å²) in [6, 6.07) is 22.3. The summed E-state index contributed by atoms with van der Waals surface area (Å²) in [5, 5.41) is 4.22. The van der Waals surface area contributed by atoms with Crippen molar-refractivity contribution in [2.45, 2.75) is 50.4 Å². The van der Waals surface area contributed by atoms with Crippen LogP contribution in [0.1, 0.15) is 54.9 Å². The molecule has 0 bridgehead atoms. The van der Waals surface area contributed by atoms with Gasteiger partial charge in [-0.1, -0.05) is 6.07 Å². The van der Waals surface area contributed by atoms with Crippen LogP contribution < -0.4 is 15.0 Å². The summed E-state index contributed by atoms with van der Waals surface area (Å²) in [7, 11) is 0. The Bertz CT molecular complexity index is 1260. The van der Waals surface area contributed by atoms with Crippen molar-refractivity contribution in [3.63, 3.8) is 0 Å². The van der Waals surface area contributed by atoms with Gasteiger partial charge >= 0.3 is 0 Å². The standard InChI is InChI=1S/C28H28N4O2S/c35-28-30-26(24-10-3-4-16-29-24)27(25-11-5-17-31(25)19-23-9-6-18-33-23)32(28)20-12-14-22(15-13-20)34-21-7-1-2-8-21/h3-6,9-18,21,26-27H,1-2,7-8,19H2,(H,30,35)/t26-,27-/m0/s1. The van der Waals surface area contributed by atoms with Crippen LogP contribution in [0.5, 0.6) is 5.75 Å². The minimum Gasteiger partial charge on any atom is -0.490 e. The van der Waals surface area contributed by atoms with Gasteiger partial charge in [0.15, 0.2) is 5.11 Å². The fraction of sp³-hybridized carbons (Fsp3) is 0.286. The highest BCUT2D eigenvalue weighted by Gasteiger charge is 2.42. The minimum absolute atomic E-state index is 0.0797. The molecule has 0 radical (unpaired) electrons. The van der Waals surface area contributed by atoms with Gasteiger partial charge in [0.2, 0.25) is 0 Å². The van der Waals surface area contributed by atoms with Crippen molar-refractivity contribution in [2.24, 2.45) is 0 Å². The molecular formula is C28H28N4O2S. The Morgan fingerprint density at radius 3 is 2.60 bits per heavy atom. The van der Waals surface area contributed by atoms with Crippen molar-refractivity contribution >= 4 is 23.0 Å². The Labute approximate surface area is 210 Å². The van der Waals surface area contributed by atoms with Gasteiger partial charge in [0, 0.05) is 23.8 Å². The van der Waals surface area contributed by atoms with Gasteiger partial charge in [-0.2, -0.15) is 0 Å². The van der Waals surface area contributed by atoms with Gasteiger partial charge < -0.3 is 23.9 Å². The van der Waals surface area contributed by atoms with Gasteiger partial charge in [0.25, 0.3) is 0 Å². The highest BCUT2D eigenvalue weighted by Crippen LogP contribution is 2.42. The number of pyridine rings is 1. The molecule has 1 saturated carbocycles. The lowest BCUT2D eigenvalue weighted by atomic mass is 10.0. The van der Waals surface area contributed by atoms with E-state index < -0.39 is 0 Å². The van der Waals surface area contributed by atoms with Crippen LogP contribution in [-0.2, 0) is 6.54 Å². The Morgan fingerprint density at radius 1 is 1.00 bits per heavy atom. The second kappa shape index (κ2) is 9.58. The number of nitrogens with one attached hydrogen (secondary N) is 1. The lowest BCUT2D eigenvalue weighted by molar-refractivity contribution is 0.210. The third-order valence-electron chi connectivity index (χ3n) is 6.89. The summed E-state index contributed by atoms with van der Waals surface area (Å²) >= 11 is 5.89. The van der Waals surface area contributed by atoms with Gasteiger partial charge in [-0.25, -0.2) is 0 Å². The fourth-order valence-electron chi connectivity index (χ4n) is 5.23. The van der Waals surface area contributed by atoms with Crippen molar-refractivity contribution in [3.05, 3.63) is 103 Å². The molecule has 0 unspecified atom stereocenters. The lowest BCUT2D eigenvalue weighted by Crippen LogP contribution is -2.30. The first kappa shape index (κ1) is 21.9. The summed E-state index contributed by atoms with van der Waals surface area (Å²) in [6.07, 6.45) is 10.8. The Balaban J connectivity index is 1.35.